The van der Waals surface area contributed by atoms with E-state index in [1.807, 2.05) is 43.5 Å². The monoisotopic (exact) mass is 367 g/mol. The second-order valence-corrected chi connectivity index (χ2v) is 7.03. The fraction of sp³-hybridized carbons (Fsp3) is 0.381. The molecule has 0 amide bonds. The predicted octanol–water partition coefficient (Wildman–Crippen LogP) is 3.31. The van der Waals surface area contributed by atoms with E-state index in [9.17, 15) is 5.11 Å². The number of hydrogen-bond acceptors (Lipinski definition) is 5. The first-order valence-electron chi connectivity index (χ1n) is 9.09. The number of nitrogens with one attached hydrogen (secondary N) is 1. The van der Waals surface area contributed by atoms with Gasteiger partial charge in [0.05, 0.1) is 24.0 Å². The summed E-state index contributed by atoms with van der Waals surface area (Å²) in [7, 11) is 3.30. The first-order valence-corrected chi connectivity index (χ1v) is 9.09. The summed E-state index contributed by atoms with van der Waals surface area (Å²) in [5.41, 5.74) is 6.70. The van der Waals surface area contributed by atoms with Crippen LogP contribution in [0.3, 0.4) is 0 Å². The van der Waals surface area contributed by atoms with Gasteiger partial charge >= 0.3 is 0 Å². The quantitative estimate of drug-likeness (QED) is 0.740. The molecule has 0 bridgehead atoms. The van der Waals surface area contributed by atoms with Crippen molar-refractivity contribution in [1.29, 1.82) is 0 Å². The number of aliphatic hydroxyl groups excluding tert-OH is 1. The number of aromatic nitrogens is 2. The fourth-order valence-electron chi connectivity index (χ4n) is 3.99. The van der Waals surface area contributed by atoms with Crippen molar-refractivity contribution in [2.75, 3.05) is 19.5 Å². The lowest BCUT2D eigenvalue weighted by molar-refractivity contribution is -0.0280. The standard InChI is InChI=1S/C21H25N3O3/c1-12-13(2)24-10-15(11-26-3)16-18(21(24)22-12)23-17(19(25)20(16)27-4)14-8-6-5-7-9-14/h5-10,17,19-20,23,25H,11H2,1-4H3/t17-,19-,20+/m1/s1. The van der Waals surface area contributed by atoms with Gasteiger partial charge in [-0.05, 0) is 19.4 Å². The van der Waals surface area contributed by atoms with Gasteiger partial charge < -0.3 is 24.3 Å². The minimum absolute atomic E-state index is 0.289. The predicted molar refractivity (Wildman–Crippen MR) is 104 cm³/mol. The number of ether oxygens (including phenoxy) is 2. The zero-order valence-corrected chi connectivity index (χ0v) is 16.1. The first kappa shape index (κ1) is 18.0. The van der Waals surface area contributed by atoms with E-state index < -0.39 is 12.2 Å². The number of aryl methyl sites for hydroxylation is 2. The zero-order valence-electron chi connectivity index (χ0n) is 16.1. The van der Waals surface area contributed by atoms with Gasteiger partial charge in [-0.2, -0.15) is 0 Å². The third kappa shape index (κ3) is 2.81. The lowest BCUT2D eigenvalue weighted by atomic mass is 9.87. The maximum atomic E-state index is 11.1. The molecule has 1 aromatic carbocycles. The van der Waals surface area contributed by atoms with Gasteiger partial charge in [-0.25, -0.2) is 4.98 Å². The summed E-state index contributed by atoms with van der Waals surface area (Å²) in [6, 6.07) is 9.65. The Morgan fingerprint density at radius 2 is 1.93 bits per heavy atom. The Kier molecular flexibility index (Phi) is 4.63. The molecule has 1 aliphatic rings. The minimum atomic E-state index is -0.736. The van der Waals surface area contributed by atoms with Crippen LogP contribution in [0.2, 0.25) is 0 Å². The number of methoxy groups -OCH3 is 2. The molecule has 2 aromatic heterocycles. The number of aliphatic hydroxyl groups is 1. The molecule has 6 heteroatoms. The lowest BCUT2D eigenvalue weighted by Crippen LogP contribution is -2.38. The van der Waals surface area contributed by atoms with Crippen molar-refractivity contribution in [3.63, 3.8) is 0 Å². The van der Waals surface area contributed by atoms with E-state index in [2.05, 4.69) is 16.6 Å². The number of benzene rings is 1. The Labute approximate surface area is 158 Å². The summed E-state index contributed by atoms with van der Waals surface area (Å²) in [5, 5.41) is 14.6. The van der Waals surface area contributed by atoms with Crippen LogP contribution < -0.4 is 5.32 Å². The number of fused-ring (bicyclic) bond motifs is 3. The van der Waals surface area contributed by atoms with Crippen molar-refractivity contribution >= 4 is 11.3 Å². The molecule has 1 aliphatic heterocycles. The van der Waals surface area contributed by atoms with E-state index in [1.54, 1.807) is 14.2 Å². The van der Waals surface area contributed by atoms with Crippen LogP contribution in [0, 0.1) is 13.8 Å². The van der Waals surface area contributed by atoms with E-state index in [0.717, 1.165) is 39.4 Å². The van der Waals surface area contributed by atoms with Crippen LogP contribution >= 0.6 is 0 Å². The molecule has 0 radical (unpaired) electrons. The second kappa shape index (κ2) is 6.96. The molecule has 3 aromatic rings. The van der Waals surface area contributed by atoms with Crippen LogP contribution in [-0.4, -0.2) is 34.8 Å². The maximum absolute atomic E-state index is 11.1. The van der Waals surface area contributed by atoms with E-state index in [0.29, 0.717) is 6.61 Å². The first-order chi connectivity index (χ1) is 13.1. The molecule has 3 heterocycles. The SMILES string of the molecule is COCc1cn2c(C)c(C)nc2c2c1[C@H](OC)[C@H](O)[C@@H](c1ccccc1)N2. The molecule has 6 nitrogen and oxygen atoms in total. The third-order valence-corrected chi connectivity index (χ3v) is 5.46. The molecule has 0 saturated carbocycles. The Morgan fingerprint density at radius 1 is 1.19 bits per heavy atom. The molecule has 0 spiro atoms. The highest BCUT2D eigenvalue weighted by Gasteiger charge is 2.39. The Bertz CT molecular complexity index is 968. The van der Waals surface area contributed by atoms with Crippen LogP contribution in [0.25, 0.3) is 5.65 Å². The van der Waals surface area contributed by atoms with Gasteiger partial charge in [0.15, 0.2) is 5.65 Å². The Hall–Kier alpha value is -2.41. The zero-order chi connectivity index (χ0) is 19.1. The average molecular weight is 367 g/mol. The number of anilines is 1. The molecule has 2 N–H and O–H groups in total. The summed E-state index contributed by atoms with van der Waals surface area (Å²) >= 11 is 0. The van der Waals surface area contributed by atoms with Crippen LogP contribution in [0.4, 0.5) is 5.69 Å². The second-order valence-electron chi connectivity index (χ2n) is 7.03. The van der Waals surface area contributed by atoms with Crippen molar-refractivity contribution < 1.29 is 14.6 Å². The van der Waals surface area contributed by atoms with Gasteiger partial charge in [0, 0.05) is 37.2 Å². The number of pyridine rings is 1. The fourth-order valence-corrected chi connectivity index (χ4v) is 3.99. The molecule has 0 aliphatic carbocycles. The number of hydrogen-bond donors (Lipinski definition) is 2. The van der Waals surface area contributed by atoms with Crippen LogP contribution in [-0.2, 0) is 16.1 Å². The van der Waals surface area contributed by atoms with E-state index >= 15 is 0 Å². The number of nitrogens with zero attached hydrogens (tertiary/aromatic N) is 2. The van der Waals surface area contributed by atoms with E-state index in [4.69, 9.17) is 14.5 Å². The smallest absolute Gasteiger partial charge is 0.161 e. The summed E-state index contributed by atoms with van der Waals surface area (Å²) in [4.78, 5) is 4.77. The summed E-state index contributed by atoms with van der Waals surface area (Å²) < 4.78 is 13.3. The summed E-state index contributed by atoms with van der Waals surface area (Å²) in [6.45, 7) is 4.49. The summed E-state index contributed by atoms with van der Waals surface area (Å²) in [5.74, 6) is 0. The molecule has 0 fully saturated rings. The van der Waals surface area contributed by atoms with Gasteiger partial charge in [-0.1, -0.05) is 30.3 Å². The molecule has 142 valence electrons. The summed E-state index contributed by atoms with van der Waals surface area (Å²) in [6.07, 6.45) is 0.829. The van der Waals surface area contributed by atoms with Crippen molar-refractivity contribution in [3.05, 3.63) is 64.6 Å². The number of rotatable bonds is 4. The Balaban J connectivity index is 1.97. The van der Waals surface area contributed by atoms with Gasteiger partial charge in [0.2, 0.25) is 0 Å². The molecule has 0 saturated heterocycles. The van der Waals surface area contributed by atoms with Gasteiger partial charge in [-0.15, -0.1) is 0 Å². The molecule has 0 unspecified atom stereocenters. The molecule has 4 rings (SSSR count). The van der Waals surface area contributed by atoms with Crippen LogP contribution in [0.1, 0.15) is 40.2 Å². The third-order valence-electron chi connectivity index (χ3n) is 5.46. The minimum Gasteiger partial charge on any atom is -0.388 e. The average Bonchev–Trinajstić information content (AvgIpc) is 2.97. The molecule has 27 heavy (non-hydrogen) atoms. The van der Waals surface area contributed by atoms with Crippen LogP contribution in [0.15, 0.2) is 36.5 Å². The van der Waals surface area contributed by atoms with E-state index in [-0.39, 0.29) is 6.04 Å². The van der Waals surface area contributed by atoms with Crippen molar-refractivity contribution in [2.24, 2.45) is 0 Å². The lowest BCUT2D eigenvalue weighted by Gasteiger charge is -2.38. The van der Waals surface area contributed by atoms with Gasteiger partial charge in [0.25, 0.3) is 0 Å². The highest BCUT2D eigenvalue weighted by Crippen LogP contribution is 2.44. The highest BCUT2D eigenvalue weighted by molar-refractivity contribution is 5.77. The highest BCUT2D eigenvalue weighted by atomic mass is 16.5. The number of imidazole rings is 1. The normalized spacial score (nSPS) is 21.9. The largest absolute Gasteiger partial charge is 0.388 e. The molecular weight excluding hydrogens is 342 g/mol. The molecule has 3 atom stereocenters. The van der Waals surface area contributed by atoms with E-state index in [1.165, 1.54) is 0 Å². The maximum Gasteiger partial charge on any atom is 0.161 e. The molecular formula is C21H25N3O3. The van der Waals surface area contributed by atoms with Crippen molar-refractivity contribution in [3.8, 4) is 0 Å². The van der Waals surface area contributed by atoms with Crippen molar-refractivity contribution in [2.45, 2.75) is 38.7 Å². The van der Waals surface area contributed by atoms with Crippen molar-refractivity contribution in [1.82, 2.24) is 9.38 Å². The van der Waals surface area contributed by atoms with Crippen LogP contribution in [0.5, 0.6) is 0 Å². The topological polar surface area (TPSA) is 68.0 Å². The van der Waals surface area contributed by atoms with Gasteiger partial charge in [0.1, 0.15) is 12.2 Å². The van der Waals surface area contributed by atoms with Gasteiger partial charge in [-0.3, -0.25) is 0 Å². The Morgan fingerprint density at radius 3 is 2.59 bits per heavy atom.